The van der Waals surface area contributed by atoms with Crippen LogP contribution in [-0.2, 0) is 4.79 Å². The Morgan fingerprint density at radius 2 is 0.780 bits per heavy atom. The minimum absolute atomic E-state index is 0.309. The highest BCUT2D eigenvalue weighted by molar-refractivity contribution is 5.80. The van der Waals surface area contributed by atoms with E-state index in [1.54, 1.807) is 0 Å². The number of hydrogen-bond acceptors (Lipinski definition) is 4. The van der Waals surface area contributed by atoms with Gasteiger partial charge in [-0.2, -0.15) is 0 Å². The molecular weight excluding hydrogens is 510 g/mol. The Kier molecular flexibility index (Phi) is 31.8. The summed E-state index contributed by atoms with van der Waals surface area (Å²) in [6.45, 7) is 4.22. The number of rotatable bonds is 33. The Labute approximate surface area is 256 Å². The van der Waals surface area contributed by atoms with Gasteiger partial charge in [0.1, 0.15) is 6.10 Å². The van der Waals surface area contributed by atoms with Gasteiger partial charge in [0.05, 0.1) is 18.8 Å². The largest absolute Gasteiger partial charge is 0.394 e. The minimum Gasteiger partial charge on any atom is -0.394 e. The molecule has 246 valence electrons. The Hall–Kier alpha value is -0.650. The van der Waals surface area contributed by atoms with Crippen LogP contribution < -0.4 is 5.32 Å². The van der Waals surface area contributed by atoms with Gasteiger partial charge in [-0.1, -0.05) is 187 Å². The second-order valence-electron chi connectivity index (χ2n) is 12.8. The third kappa shape index (κ3) is 27.9. The first-order valence-corrected chi connectivity index (χ1v) is 18.3. The Morgan fingerprint density at radius 3 is 1.10 bits per heavy atom. The predicted molar refractivity (Wildman–Crippen MR) is 176 cm³/mol. The highest BCUT2D eigenvalue weighted by atomic mass is 16.3. The van der Waals surface area contributed by atoms with E-state index in [2.05, 4.69) is 19.2 Å². The monoisotopic (exact) mass is 584 g/mol. The van der Waals surface area contributed by atoms with Crippen LogP contribution in [0.1, 0.15) is 200 Å². The van der Waals surface area contributed by atoms with Crippen LogP contribution in [0.25, 0.3) is 0 Å². The fourth-order valence-corrected chi connectivity index (χ4v) is 5.78. The number of carbonyl (C=O) groups is 1. The summed E-state index contributed by atoms with van der Waals surface area (Å²) in [6.07, 6.45) is 33.7. The molecule has 0 radical (unpaired) electrons. The average Bonchev–Trinajstić information content (AvgIpc) is 2.98. The molecule has 41 heavy (non-hydrogen) atoms. The van der Waals surface area contributed by atoms with E-state index in [-0.39, 0.29) is 6.61 Å². The molecule has 0 bridgehead atoms. The van der Waals surface area contributed by atoms with Gasteiger partial charge in [-0.05, 0) is 12.8 Å². The molecule has 1 amide bonds. The number of aliphatic hydroxyl groups excluding tert-OH is 3. The lowest BCUT2D eigenvalue weighted by atomic mass is 10.0. The summed E-state index contributed by atoms with van der Waals surface area (Å²) >= 11 is 0. The van der Waals surface area contributed by atoms with Gasteiger partial charge in [-0.15, -0.1) is 0 Å². The first-order chi connectivity index (χ1) is 20.1. The van der Waals surface area contributed by atoms with Gasteiger partial charge in [-0.3, -0.25) is 4.79 Å². The van der Waals surface area contributed by atoms with E-state index in [9.17, 15) is 20.1 Å². The van der Waals surface area contributed by atoms with Crippen molar-refractivity contribution in [2.75, 3.05) is 6.61 Å². The molecule has 0 heterocycles. The molecule has 0 saturated heterocycles. The molecule has 5 nitrogen and oxygen atoms in total. The molecule has 0 saturated carbocycles. The van der Waals surface area contributed by atoms with Crippen LogP contribution in [0.3, 0.4) is 0 Å². The van der Waals surface area contributed by atoms with Gasteiger partial charge in [0.15, 0.2) is 0 Å². The van der Waals surface area contributed by atoms with Crippen molar-refractivity contribution in [2.45, 2.75) is 218 Å². The second kappa shape index (κ2) is 32.3. The van der Waals surface area contributed by atoms with Gasteiger partial charge in [-0.25, -0.2) is 0 Å². The molecule has 3 unspecified atom stereocenters. The Balaban J connectivity index is 3.66. The van der Waals surface area contributed by atoms with Crippen LogP contribution in [0, 0.1) is 0 Å². The molecule has 0 rings (SSSR count). The standard InChI is InChI=1S/C36H73NO4/c1-3-5-7-9-11-13-15-17-18-19-21-23-25-27-29-31-35(40)36(41)37-33(32-38)34(39)30-28-26-24-22-20-16-14-12-10-8-6-4-2/h33-35,38-40H,3-32H2,1-2H3,(H,37,41). The van der Waals surface area contributed by atoms with E-state index in [0.29, 0.717) is 12.8 Å². The summed E-state index contributed by atoms with van der Waals surface area (Å²) in [4.78, 5) is 12.4. The van der Waals surface area contributed by atoms with Gasteiger partial charge in [0, 0.05) is 0 Å². The van der Waals surface area contributed by atoms with Crippen LogP contribution >= 0.6 is 0 Å². The van der Waals surface area contributed by atoms with Crippen molar-refractivity contribution < 1.29 is 20.1 Å². The summed E-state index contributed by atoms with van der Waals surface area (Å²) in [7, 11) is 0. The van der Waals surface area contributed by atoms with E-state index in [4.69, 9.17) is 0 Å². The summed E-state index contributed by atoms with van der Waals surface area (Å²) in [5.41, 5.74) is 0. The fraction of sp³-hybridized carbons (Fsp3) is 0.972. The van der Waals surface area contributed by atoms with Crippen molar-refractivity contribution in [1.29, 1.82) is 0 Å². The Bertz CT molecular complexity index is 530. The number of amides is 1. The van der Waals surface area contributed by atoms with Crippen molar-refractivity contribution in [2.24, 2.45) is 0 Å². The van der Waals surface area contributed by atoms with Crippen LogP contribution in [0.5, 0.6) is 0 Å². The van der Waals surface area contributed by atoms with Crippen molar-refractivity contribution in [3.8, 4) is 0 Å². The maximum absolute atomic E-state index is 12.4. The van der Waals surface area contributed by atoms with E-state index in [1.165, 1.54) is 141 Å². The van der Waals surface area contributed by atoms with Crippen molar-refractivity contribution in [3.05, 3.63) is 0 Å². The lowest BCUT2D eigenvalue weighted by molar-refractivity contribution is -0.131. The third-order valence-electron chi connectivity index (χ3n) is 8.73. The SMILES string of the molecule is CCCCCCCCCCCCCCCCCC(O)C(=O)NC(CO)C(O)CCCCCCCCCCCCCC. The summed E-state index contributed by atoms with van der Waals surface area (Å²) < 4.78 is 0. The van der Waals surface area contributed by atoms with E-state index >= 15 is 0 Å². The highest BCUT2D eigenvalue weighted by Crippen LogP contribution is 2.16. The van der Waals surface area contributed by atoms with Gasteiger partial charge >= 0.3 is 0 Å². The van der Waals surface area contributed by atoms with Gasteiger partial charge in [0.2, 0.25) is 5.91 Å². The molecule has 0 fully saturated rings. The van der Waals surface area contributed by atoms with Crippen molar-refractivity contribution in [3.63, 3.8) is 0 Å². The lowest BCUT2D eigenvalue weighted by Crippen LogP contribution is -2.49. The smallest absolute Gasteiger partial charge is 0.249 e. The average molecular weight is 584 g/mol. The summed E-state index contributed by atoms with van der Waals surface area (Å²) in [6, 6.07) is -0.703. The maximum atomic E-state index is 12.4. The topological polar surface area (TPSA) is 89.8 Å². The molecule has 5 heteroatoms. The zero-order valence-corrected chi connectivity index (χ0v) is 27.7. The fourth-order valence-electron chi connectivity index (χ4n) is 5.78. The third-order valence-corrected chi connectivity index (χ3v) is 8.73. The quantitative estimate of drug-likeness (QED) is 0.0579. The highest BCUT2D eigenvalue weighted by Gasteiger charge is 2.23. The molecule has 0 aromatic heterocycles. The minimum atomic E-state index is -1.06. The Morgan fingerprint density at radius 1 is 0.488 bits per heavy atom. The van der Waals surface area contributed by atoms with Crippen molar-refractivity contribution >= 4 is 5.91 Å². The lowest BCUT2D eigenvalue weighted by Gasteiger charge is -2.23. The second-order valence-corrected chi connectivity index (χ2v) is 12.8. The number of nitrogens with one attached hydrogen (secondary N) is 1. The molecule has 0 aliphatic carbocycles. The predicted octanol–water partition coefficient (Wildman–Crippen LogP) is 9.54. The van der Waals surface area contributed by atoms with Crippen LogP contribution in [0.15, 0.2) is 0 Å². The summed E-state index contributed by atoms with van der Waals surface area (Å²) in [5.74, 6) is -0.469. The normalized spacial score (nSPS) is 13.8. The zero-order valence-electron chi connectivity index (χ0n) is 27.7. The van der Waals surface area contributed by atoms with Gasteiger partial charge < -0.3 is 20.6 Å². The van der Waals surface area contributed by atoms with Crippen LogP contribution in [0.4, 0.5) is 0 Å². The zero-order chi connectivity index (χ0) is 30.2. The molecule has 0 aliphatic rings. The van der Waals surface area contributed by atoms with E-state index < -0.39 is 24.2 Å². The summed E-state index contributed by atoms with van der Waals surface area (Å²) in [5, 5.41) is 33.1. The van der Waals surface area contributed by atoms with Gasteiger partial charge in [0.25, 0.3) is 0 Å². The molecule has 0 aromatic carbocycles. The molecule has 4 N–H and O–H groups in total. The first kappa shape index (κ1) is 40.4. The van der Waals surface area contributed by atoms with Crippen LogP contribution in [-0.4, -0.2) is 46.1 Å². The number of unbranched alkanes of at least 4 members (excludes halogenated alkanes) is 25. The van der Waals surface area contributed by atoms with E-state index in [1.807, 2.05) is 0 Å². The molecule has 0 aromatic rings. The number of hydrogen-bond donors (Lipinski definition) is 4. The molecular formula is C36H73NO4. The first-order valence-electron chi connectivity index (χ1n) is 18.3. The molecule has 0 aliphatic heterocycles. The van der Waals surface area contributed by atoms with Crippen LogP contribution in [0.2, 0.25) is 0 Å². The number of carbonyl (C=O) groups excluding carboxylic acids is 1. The van der Waals surface area contributed by atoms with Crippen molar-refractivity contribution in [1.82, 2.24) is 5.32 Å². The molecule has 3 atom stereocenters. The maximum Gasteiger partial charge on any atom is 0.249 e. The van der Waals surface area contributed by atoms with E-state index in [0.717, 1.165) is 32.1 Å². The number of aliphatic hydroxyl groups is 3. The molecule has 0 spiro atoms.